The van der Waals surface area contributed by atoms with Crippen LogP contribution in [0.1, 0.15) is 41.3 Å². The highest BCUT2D eigenvalue weighted by atomic mass is 19.2. The van der Waals surface area contributed by atoms with E-state index in [9.17, 15) is 22.8 Å². The number of halogens is 3. The molecule has 0 aliphatic carbocycles. The Kier molecular flexibility index (Phi) is 6.73. The molecule has 0 bridgehead atoms. The maximum atomic E-state index is 14.2. The quantitative estimate of drug-likeness (QED) is 0.353. The van der Waals surface area contributed by atoms with E-state index in [1.165, 1.54) is 12.0 Å². The van der Waals surface area contributed by atoms with Crippen LogP contribution in [0.2, 0.25) is 0 Å². The third kappa shape index (κ3) is 4.66. The molecule has 0 spiro atoms. The van der Waals surface area contributed by atoms with E-state index in [4.69, 9.17) is 4.74 Å². The number of benzene rings is 2. The third-order valence-corrected chi connectivity index (χ3v) is 7.19. The Labute approximate surface area is 218 Å². The molecular formula is C28H27F3N4O3. The van der Waals surface area contributed by atoms with Crippen LogP contribution in [0.15, 0.2) is 48.4 Å². The largest absolute Gasteiger partial charge is 0.453 e. The summed E-state index contributed by atoms with van der Waals surface area (Å²) in [5.41, 5.74) is 4.34. The first-order valence-electron chi connectivity index (χ1n) is 12.3. The number of carbonyl (C=O) groups excluding carboxylic acids is 2. The van der Waals surface area contributed by atoms with Crippen molar-refractivity contribution in [2.75, 3.05) is 20.2 Å². The van der Waals surface area contributed by atoms with Crippen LogP contribution in [0.5, 0.6) is 0 Å². The van der Waals surface area contributed by atoms with Crippen molar-refractivity contribution in [3.05, 3.63) is 88.3 Å². The van der Waals surface area contributed by atoms with Crippen LogP contribution in [0.4, 0.5) is 18.0 Å². The molecule has 3 heterocycles. The molecule has 1 aromatic heterocycles. The van der Waals surface area contributed by atoms with Crippen LogP contribution in [-0.4, -0.2) is 57.6 Å². The lowest BCUT2D eigenvalue weighted by atomic mass is 9.88. The molecule has 2 saturated heterocycles. The molecule has 0 unspecified atom stereocenters. The number of amides is 2. The topological polar surface area (TPSA) is 67.7 Å². The lowest BCUT2D eigenvalue weighted by Crippen LogP contribution is -2.59. The molecule has 2 amide bonds. The van der Waals surface area contributed by atoms with Crippen molar-refractivity contribution >= 4 is 18.1 Å². The highest BCUT2D eigenvalue weighted by Gasteiger charge is 2.43. The molecule has 10 heteroatoms. The zero-order chi connectivity index (χ0) is 27.1. The van der Waals surface area contributed by atoms with E-state index in [0.29, 0.717) is 18.4 Å². The summed E-state index contributed by atoms with van der Waals surface area (Å²) in [7, 11) is 1.25. The molecule has 3 aromatic rings. The molecule has 7 nitrogen and oxygen atoms in total. The van der Waals surface area contributed by atoms with Crippen molar-refractivity contribution in [3.8, 4) is 5.69 Å². The zero-order valence-electron chi connectivity index (χ0n) is 21.2. The summed E-state index contributed by atoms with van der Waals surface area (Å²) >= 11 is 0. The van der Waals surface area contributed by atoms with Crippen LogP contribution in [0.3, 0.4) is 0 Å². The average Bonchev–Trinajstić information content (AvgIpc) is 3.33. The normalized spacial score (nSPS) is 20.6. The molecule has 0 saturated carbocycles. The maximum absolute atomic E-state index is 14.2. The van der Waals surface area contributed by atoms with E-state index in [1.807, 2.05) is 48.9 Å². The Balaban J connectivity index is 1.48. The van der Waals surface area contributed by atoms with Crippen molar-refractivity contribution in [1.82, 2.24) is 19.4 Å². The minimum absolute atomic E-state index is 0.0369. The fourth-order valence-corrected chi connectivity index (χ4v) is 5.36. The SMILES string of the molecule is COC(=O)N1C[C@H]2CC/C(=C\c3ccc(-n4cnc(C)c4)c(C)c3)C(=O)N2[C@@H](c2cc(F)c(F)c(F)c2)C1. The minimum atomic E-state index is -1.58. The molecule has 0 radical (unpaired) electrons. The van der Waals surface area contributed by atoms with Gasteiger partial charge in [0, 0.05) is 30.5 Å². The summed E-state index contributed by atoms with van der Waals surface area (Å²) in [4.78, 5) is 33.3. The van der Waals surface area contributed by atoms with Crippen molar-refractivity contribution in [2.24, 2.45) is 0 Å². The number of rotatable bonds is 3. The third-order valence-electron chi connectivity index (χ3n) is 7.19. The summed E-state index contributed by atoms with van der Waals surface area (Å²) < 4.78 is 48.8. The number of imidazole rings is 1. The van der Waals surface area contributed by atoms with Gasteiger partial charge in [0.15, 0.2) is 17.5 Å². The minimum Gasteiger partial charge on any atom is -0.453 e. The molecule has 2 atom stereocenters. The van der Waals surface area contributed by atoms with E-state index in [2.05, 4.69) is 4.98 Å². The van der Waals surface area contributed by atoms with Crippen LogP contribution < -0.4 is 0 Å². The molecule has 38 heavy (non-hydrogen) atoms. The van der Waals surface area contributed by atoms with Gasteiger partial charge in [-0.05, 0) is 73.7 Å². The number of piperidine rings is 1. The van der Waals surface area contributed by atoms with Crippen LogP contribution in [-0.2, 0) is 9.53 Å². The van der Waals surface area contributed by atoms with Gasteiger partial charge in [0.25, 0.3) is 5.91 Å². The number of piperazine rings is 1. The summed E-state index contributed by atoms with van der Waals surface area (Å²) in [5.74, 6) is -4.57. The van der Waals surface area contributed by atoms with Crippen molar-refractivity contribution < 1.29 is 27.5 Å². The second-order valence-corrected chi connectivity index (χ2v) is 9.73. The lowest BCUT2D eigenvalue weighted by molar-refractivity contribution is -0.138. The summed E-state index contributed by atoms with van der Waals surface area (Å²) in [5, 5.41) is 0. The van der Waals surface area contributed by atoms with Crippen LogP contribution >= 0.6 is 0 Å². The first kappa shape index (κ1) is 25.6. The van der Waals surface area contributed by atoms with Gasteiger partial charge in [0.05, 0.1) is 31.2 Å². The van der Waals surface area contributed by atoms with Gasteiger partial charge >= 0.3 is 6.09 Å². The predicted molar refractivity (Wildman–Crippen MR) is 134 cm³/mol. The number of ether oxygens (including phenoxy) is 1. The predicted octanol–water partition coefficient (Wildman–Crippen LogP) is 5.10. The highest BCUT2D eigenvalue weighted by Crippen LogP contribution is 2.38. The van der Waals surface area contributed by atoms with E-state index in [0.717, 1.165) is 34.6 Å². The fraction of sp³-hybridized carbons (Fsp3) is 0.321. The van der Waals surface area contributed by atoms with Crippen molar-refractivity contribution in [2.45, 2.75) is 38.8 Å². The zero-order valence-corrected chi connectivity index (χ0v) is 21.2. The number of aromatic nitrogens is 2. The first-order chi connectivity index (χ1) is 18.2. The van der Waals surface area contributed by atoms with E-state index in [-0.39, 0.29) is 30.6 Å². The number of aryl methyl sites for hydroxylation is 2. The fourth-order valence-electron chi connectivity index (χ4n) is 5.36. The number of fused-ring (bicyclic) bond motifs is 1. The molecule has 2 fully saturated rings. The number of carbonyl (C=O) groups is 2. The van der Waals surface area contributed by atoms with Gasteiger partial charge < -0.3 is 19.1 Å². The summed E-state index contributed by atoms with van der Waals surface area (Å²) in [6, 6.07) is 6.36. The second kappa shape index (κ2) is 10.00. The van der Waals surface area contributed by atoms with Gasteiger partial charge in [-0.3, -0.25) is 4.79 Å². The maximum Gasteiger partial charge on any atom is 0.409 e. The van der Waals surface area contributed by atoms with Crippen LogP contribution in [0.25, 0.3) is 11.8 Å². The first-order valence-corrected chi connectivity index (χ1v) is 12.3. The Morgan fingerprint density at radius 2 is 1.84 bits per heavy atom. The summed E-state index contributed by atoms with van der Waals surface area (Å²) in [6.45, 7) is 4.09. The van der Waals surface area contributed by atoms with Gasteiger partial charge in [-0.1, -0.05) is 6.07 Å². The van der Waals surface area contributed by atoms with Crippen LogP contribution in [0, 0.1) is 31.3 Å². The Morgan fingerprint density at radius 1 is 1.11 bits per heavy atom. The molecule has 0 N–H and O–H groups in total. The van der Waals surface area contributed by atoms with Crippen molar-refractivity contribution in [1.29, 1.82) is 0 Å². The molecule has 2 aromatic carbocycles. The Bertz CT molecular complexity index is 1430. The Morgan fingerprint density at radius 3 is 2.47 bits per heavy atom. The van der Waals surface area contributed by atoms with Gasteiger partial charge in [-0.15, -0.1) is 0 Å². The van der Waals surface area contributed by atoms with Gasteiger partial charge in [-0.2, -0.15) is 0 Å². The monoisotopic (exact) mass is 524 g/mol. The smallest absolute Gasteiger partial charge is 0.409 e. The molecule has 198 valence electrons. The average molecular weight is 525 g/mol. The van der Waals surface area contributed by atoms with E-state index in [1.54, 1.807) is 11.2 Å². The molecule has 2 aliphatic rings. The number of methoxy groups -OCH3 is 1. The van der Waals surface area contributed by atoms with Gasteiger partial charge in [-0.25, -0.2) is 22.9 Å². The number of hydrogen-bond donors (Lipinski definition) is 0. The number of hydrogen-bond acceptors (Lipinski definition) is 4. The summed E-state index contributed by atoms with van der Waals surface area (Å²) in [6.07, 6.45) is 5.91. The number of nitrogens with zero attached hydrogens (tertiary/aromatic N) is 4. The molecular weight excluding hydrogens is 497 g/mol. The van der Waals surface area contributed by atoms with Gasteiger partial charge in [0.2, 0.25) is 0 Å². The Hall–Kier alpha value is -4.08. The molecule has 5 rings (SSSR count). The van der Waals surface area contributed by atoms with E-state index < -0.39 is 29.6 Å². The molecule has 2 aliphatic heterocycles. The van der Waals surface area contributed by atoms with Gasteiger partial charge in [0.1, 0.15) is 0 Å². The highest BCUT2D eigenvalue weighted by molar-refractivity contribution is 5.99. The second-order valence-electron chi connectivity index (χ2n) is 9.73. The van der Waals surface area contributed by atoms with E-state index >= 15 is 0 Å². The standard InChI is InChI=1S/C28H27F3N4O3/c1-16-8-18(4-7-24(16)34-12-17(2)32-15-34)9-19-5-6-21-13-33(28(37)38-3)14-25(35(21)27(19)36)20-10-22(29)26(31)23(30)11-20/h4,7-12,15,21,25H,5-6,13-14H2,1-3H3/b19-9+/t21-,25-/m1/s1. The lowest BCUT2D eigenvalue weighted by Gasteiger charge is -2.49. The van der Waals surface area contributed by atoms with Crippen molar-refractivity contribution in [3.63, 3.8) is 0 Å².